The number of rotatable bonds is 8. The van der Waals surface area contributed by atoms with Crippen molar-refractivity contribution in [3.8, 4) is 0 Å². The normalized spacial score (nSPS) is 11.6. The number of hydrogen-bond acceptors (Lipinski definition) is 6. The fourth-order valence-corrected chi connectivity index (χ4v) is 6.30. The van der Waals surface area contributed by atoms with Crippen molar-refractivity contribution in [1.29, 1.82) is 0 Å². The molecule has 2 amide bonds. The molecule has 4 rings (SSSR count). The van der Waals surface area contributed by atoms with Crippen LogP contribution in [0.25, 0.3) is 0 Å². The SMILES string of the molecule is Cc1csc(NC(=O)C(Sc2cccc(NC(=O)c3c(Cl)c(Cl)c(Cl)c(Cl)c3C(=O)O)c2)c2ccccc2)n1. The van der Waals surface area contributed by atoms with Crippen LogP contribution in [0.15, 0.2) is 64.9 Å². The number of anilines is 2. The maximum atomic E-state index is 13.3. The number of aromatic carboxylic acids is 1. The average Bonchev–Trinajstić information content (AvgIpc) is 3.32. The molecule has 1 aromatic heterocycles. The van der Waals surface area contributed by atoms with Gasteiger partial charge < -0.3 is 15.7 Å². The summed E-state index contributed by atoms with van der Waals surface area (Å²) in [6.07, 6.45) is 0. The van der Waals surface area contributed by atoms with E-state index in [1.165, 1.54) is 23.1 Å². The average molecular weight is 641 g/mol. The topological polar surface area (TPSA) is 108 Å². The second kappa shape index (κ2) is 12.6. The quantitative estimate of drug-likeness (QED) is 0.101. The Balaban J connectivity index is 1.62. The summed E-state index contributed by atoms with van der Waals surface area (Å²) in [5.41, 5.74) is 0.893. The molecule has 13 heteroatoms. The van der Waals surface area contributed by atoms with Gasteiger partial charge in [0.1, 0.15) is 5.25 Å². The van der Waals surface area contributed by atoms with E-state index in [-0.39, 0.29) is 21.0 Å². The van der Waals surface area contributed by atoms with Crippen molar-refractivity contribution in [2.24, 2.45) is 0 Å². The summed E-state index contributed by atoms with van der Waals surface area (Å²) in [4.78, 5) is 43.2. The van der Waals surface area contributed by atoms with E-state index in [9.17, 15) is 19.5 Å². The van der Waals surface area contributed by atoms with Crippen molar-refractivity contribution in [2.45, 2.75) is 17.1 Å². The number of thiazole rings is 1. The number of aromatic nitrogens is 1. The van der Waals surface area contributed by atoms with Crippen LogP contribution in [0.1, 0.15) is 37.2 Å². The minimum absolute atomic E-state index is 0.241. The molecule has 0 saturated heterocycles. The second-order valence-electron chi connectivity index (χ2n) is 7.98. The molecule has 3 N–H and O–H groups in total. The Morgan fingerprint density at radius 3 is 2.18 bits per heavy atom. The van der Waals surface area contributed by atoms with Crippen molar-refractivity contribution in [3.63, 3.8) is 0 Å². The number of carbonyl (C=O) groups is 3. The number of amides is 2. The number of thioether (sulfide) groups is 1. The van der Waals surface area contributed by atoms with Crippen LogP contribution in [0, 0.1) is 6.92 Å². The van der Waals surface area contributed by atoms with Gasteiger partial charge in [-0.15, -0.1) is 23.1 Å². The fraction of sp³-hybridized carbons (Fsp3) is 0.0769. The maximum Gasteiger partial charge on any atom is 0.338 e. The highest BCUT2D eigenvalue weighted by Gasteiger charge is 2.29. The Bertz CT molecular complexity index is 1580. The second-order valence-corrected chi connectivity index (χ2v) is 11.5. The number of carboxylic acids is 1. The number of nitrogens with one attached hydrogen (secondary N) is 2. The maximum absolute atomic E-state index is 13.3. The number of carbonyl (C=O) groups excluding carboxylic acids is 2. The molecule has 200 valence electrons. The molecule has 39 heavy (non-hydrogen) atoms. The van der Waals surface area contributed by atoms with E-state index in [2.05, 4.69) is 15.6 Å². The molecule has 1 unspecified atom stereocenters. The van der Waals surface area contributed by atoms with E-state index in [1.807, 2.05) is 42.6 Å². The van der Waals surface area contributed by atoms with Crippen LogP contribution >= 0.6 is 69.5 Å². The van der Waals surface area contributed by atoms with Gasteiger partial charge in [-0.2, -0.15) is 0 Å². The van der Waals surface area contributed by atoms with E-state index in [0.717, 1.165) is 11.3 Å². The summed E-state index contributed by atoms with van der Waals surface area (Å²) in [7, 11) is 0. The van der Waals surface area contributed by atoms with E-state index in [1.54, 1.807) is 24.3 Å². The molecule has 0 saturated carbocycles. The molecule has 1 heterocycles. The van der Waals surface area contributed by atoms with Gasteiger partial charge in [-0.1, -0.05) is 82.8 Å². The largest absolute Gasteiger partial charge is 0.478 e. The monoisotopic (exact) mass is 639 g/mol. The van der Waals surface area contributed by atoms with Gasteiger partial charge in [-0.25, -0.2) is 9.78 Å². The molecule has 3 aromatic carbocycles. The van der Waals surface area contributed by atoms with Crippen molar-refractivity contribution >= 4 is 98.1 Å². The van der Waals surface area contributed by atoms with E-state index >= 15 is 0 Å². The van der Waals surface area contributed by atoms with Crippen LogP contribution in [0.2, 0.25) is 20.1 Å². The van der Waals surface area contributed by atoms with Gasteiger partial charge in [0.05, 0.1) is 36.9 Å². The van der Waals surface area contributed by atoms with Gasteiger partial charge in [0.2, 0.25) is 5.91 Å². The predicted octanol–water partition coefficient (Wildman–Crippen LogP) is 8.49. The van der Waals surface area contributed by atoms with Crippen molar-refractivity contribution in [1.82, 2.24) is 4.98 Å². The summed E-state index contributed by atoms with van der Waals surface area (Å²) >= 11 is 26.9. The van der Waals surface area contributed by atoms with Crippen molar-refractivity contribution < 1.29 is 19.5 Å². The third kappa shape index (κ3) is 6.69. The molecule has 0 aliphatic heterocycles. The zero-order chi connectivity index (χ0) is 28.3. The summed E-state index contributed by atoms with van der Waals surface area (Å²) < 4.78 is 0. The lowest BCUT2D eigenvalue weighted by atomic mass is 10.1. The summed E-state index contributed by atoms with van der Waals surface area (Å²) in [5.74, 6) is -2.61. The zero-order valence-electron chi connectivity index (χ0n) is 19.8. The molecule has 7 nitrogen and oxygen atoms in total. The predicted molar refractivity (Wildman–Crippen MR) is 158 cm³/mol. The summed E-state index contributed by atoms with van der Waals surface area (Å²) in [5, 5.41) is 15.6. The molecule has 0 aliphatic carbocycles. The highest BCUT2D eigenvalue weighted by Crippen LogP contribution is 2.42. The molecule has 0 radical (unpaired) electrons. The van der Waals surface area contributed by atoms with Crippen LogP contribution in [0.5, 0.6) is 0 Å². The Labute approximate surface area is 251 Å². The fourth-order valence-electron chi connectivity index (χ4n) is 3.51. The standard InChI is InChI=1S/C26H17Cl4N3O4S2/c1-12-11-38-26(31-12)33-24(35)22(13-6-3-2-4-7-13)39-15-9-5-8-14(10-15)32-23(34)16-17(25(36)37)19(28)21(30)20(29)18(16)27/h2-11,22H,1H3,(H,32,34)(H,36,37)(H,31,33,35). The Hall–Kier alpha value is -2.79. The first-order valence-corrected chi connectivity index (χ1v) is 14.3. The highest BCUT2D eigenvalue weighted by atomic mass is 35.5. The van der Waals surface area contributed by atoms with Gasteiger partial charge in [0.25, 0.3) is 5.91 Å². The minimum atomic E-state index is -1.50. The van der Waals surface area contributed by atoms with Crippen molar-refractivity contribution in [2.75, 3.05) is 10.6 Å². The highest BCUT2D eigenvalue weighted by molar-refractivity contribution is 8.00. The van der Waals surface area contributed by atoms with Crippen LogP contribution in [-0.4, -0.2) is 27.9 Å². The first-order chi connectivity index (χ1) is 18.6. The van der Waals surface area contributed by atoms with Gasteiger partial charge in [0, 0.05) is 16.0 Å². The lowest BCUT2D eigenvalue weighted by molar-refractivity contribution is -0.115. The molecular formula is C26H17Cl4N3O4S2. The first kappa shape index (κ1) is 29.2. The Morgan fingerprint density at radius 2 is 1.56 bits per heavy atom. The van der Waals surface area contributed by atoms with E-state index in [0.29, 0.717) is 15.7 Å². The van der Waals surface area contributed by atoms with Crippen LogP contribution in [0.3, 0.4) is 0 Å². The van der Waals surface area contributed by atoms with E-state index in [4.69, 9.17) is 46.4 Å². The zero-order valence-corrected chi connectivity index (χ0v) is 24.5. The molecule has 0 bridgehead atoms. The van der Waals surface area contributed by atoms with Gasteiger partial charge >= 0.3 is 5.97 Å². The molecule has 4 aromatic rings. The molecular weight excluding hydrogens is 624 g/mol. The number of carboxylic acid groups (broad SMARTS) is 1. The molecule has 0 spiro atoms. The Kier molecular flexibility index (Phi) is 9.43. The molecule has 0 aliphatic rings. The Morgan fingerprint density at radius 1 is 0.897 bits per heavy atom. The third-order valence-electron chi connectivity index (χ3n) is 5.24. The number of nitrogens with zero attached hydrogens (tertiary/aromatic N) is 1. The molecule has 0 fully saturated rings. The molecule has 1 atom stereocenters. The minimum Gasteiger partial charge on any atom is -0.478 e. The van der Waals surface area contributed by atoms with E-state index < -0.39 is 33.3 Å². The smallest absolute Gasteiger partial charge is 0.338 e. The number of hydrogen-bond donors (Lipinski definition) is 3. The summed E-state index contributed by atoms with van der Waals surface area (Å²) in [6, 6.07) is 15.9. The number of halogens is 4. The van der Waals surface area contributed by atoms with Crippen molar-refractivity contribution in [3.05, 3.63) is 102 Å². The van der Waals surface area contributed by atoms with Crippen LogP contribution in [-0.2, 0) is 4.79 Å². The van der Waals surface area contributed by atoms with Crippen LogP contribution < -0.4 is 10.6 Å². The number of benzene rings is 3. The number of aryl methyl sites for hydroxylation is 1. The van der Waals surface area contributed by atoms with Crippen LogP contribution in [0.4, 0.5) is 10.8 Å². The van der Waals surface area contributed by atoms with Gasteiger partial charge in [-0.05, 0) is 30.7 Å². The lowest BCUT2D eigenvalue weighted by Gasteiger charge is -2.17. The van der Waals surface area contributed by atoms with Gasteiger partial charge in [0.15, 0.2) is 5.13 Å². The lowest BCUT2D eigenvalue weighted by Crippen LogP contribution is -2.19. The summed E-state index contributed by atoms with van der Waals surface area (Å²) in [6.45, 7) is 1.84. The first-order valence-electron chi connectivity index (χ1n) is 11.0. The van der Waals surface area contributed by atoms with Gasteiger partial charge in [-0.3, -0.25) is 9.59 Å². The third-order valence-corrected chi connectivity index (χ3v) is 9.17.